The number of rotatable bonds is 6. The third-order valence-electron chi connectivity index (χ3n) is 3.58. The lowest BCUT2D eigenvalue weighted by molar-refractivity contribution is 0.613. The average molecular weight is 371 g/mol. The first-order valence-corrected chi connectivity index (χ1v) is 8.23. The molecule has 0 fully saturated rings. The Kier molecular flexibility index (Phi) is 5.70. The maximum absolute atomic E-state index is 14.0. The maximum Gasteiger partial charge on any atom is 0.170 e. The summed E-state index contributed by atoms with van der Waals surface area (Å²) in [7, 11) is 1.72. The molecular formula is C18H16ClFN6. The fraction of sp³-hybridized carbons (Fsp3) is 0.111. The predicted molar refractivity (Wildman–Crippen MR) is 101 cm³/mol. The lowest BCUT2D eigenvalue weighted by atomic mass is 10.2. The van der Waals surface area contributed by atoms with E-state index in [1.807, 2.05) is 30.3 Å². The first-order valence-electron chi connectivity index (χ1n) is 7.85. The summed E-state index contributed by atoms with van der Waals surface area (Å²) in [5.74, 6) is 0.533. The van der Waals surface area contributed by atoms with E-state index in [1.54, 1.807) is 19.2 Å². The third-order valence-corrected chi connectivity index (χ3v) is 3.93. The SMILES string of the molecule is CNc1ncnc(NCc2c(F)cccc2Cl)c1/N=N/c1ccccc1. The van der Waals surface area contributed by atoms with E-state index in [4.69, 9.17) is 11.6 Å². The molecule has 0 amide bonds. The van der Waals surface area contributed by atoms with Crippen LogP contribution in [0, 0.1) is 5.82 Å². The van der Waals surface area contributed by atoms with Crippen molar-refractivity contribution in [2.45, 2.75) is 6.54 Å². The molecule has 0 saturated carbocycles. The Morgan fingerprint density at radius 1 is 1.00 bits per heavy atom. The van der Waals surface area contributed by atoms with E-state index in [9.17, 15) is 4.39 Å². The first kappa shape index (κ1) is 17.8. The summed E-state index contributed by atoms with van der Waals surface area (Å²) in [4.78, 5) is 8.34. The van der Waals surface area contributed by atoms with Crippen molar-refractivity contribution >= 4 is 34.6 Å². The molecule has 0 bridgehead atoms. The van der Waals surface area contributed by atoms with Crippen LogP contribution >= 0.6 is 11.6 Å². The normalized spacial score (nSPS) is 10.9. The first-order chi connectivity index (χ1) is 12.7. The summed E-state index contributed by atoms with van der Waals surface area (Å²) in [6.07, 6.45) is 1.39. The molecule has 3 rings (SSSR count). The van der Waals surface area contributed by atoms with Crippen molar-refractivity contribution in [3.05, 3.63) is 71.3 Å². The molecule has 0 aliphatic carbocycles. The summed E-state index contributed by atoms with van der Waals surface area (Å²) in [6, 6.07) is 13.9. The second kappa shape index (κ2) is 8.35. The van der Waals surface area contributed by atoms with Gasteiger partial charge >= 0.3 is 0 Å². The van der Waals surface area contributed by atoms with E-state index in [-0.39, 0.29) is 12.4 Å². The van der Waals surface area contributed by atoms with Gasteiger partial charge in [0.2, 0.25) is 0 Å². The lowest BCUT2D eigenvalue weighted by Crippen LogP contribution is -2.06. The molecule has 0 saturated heterocycles. The van der Waals surface area contributed by atoms with Gasteiger partial charge in [-0.05, 0) is 24.3 Å². The molecule has 0 spiro atoms. The zero-order valence-electron chi connectivity index (χ0n) is 13.9. The van der Waals surface area contributed by atoms with Gasteiger partial charge < -0.3 is 10.6 Å². The van der Waals surface area contributed by atoms with Crippen LogP contribution in [0.3, 0.4) is 0 Å². The highest BCUT2D eigenvalue weighted by Gasteiger charge is 2.12. The molecule has 3 aromatic rings. The van der Waals surface area contributed by atoms with Crippen molar-refractivity contribution in [3.63, 3.8) is 0 Å². The molecule has 0 aliphatic rings. The van der Waals surface area contributed by atoms with Gasteiger partial charge in [-0.1, -0.05) is 35.9 Å². The molecule has 0 aliphatic heterocycles. The van der Waals surface area contributed by atoms with Crippen molar-refractivity contribution in [1.82, 2.24) is 9.97 Å². The van der Waals surface area contributed by atoms with Crippen LogP contribution in [0.5, 0.6) is 0 Å². The van der Waals surface area contributed by atoms with Gasteiger partial charge in [0.15, 0.2) is 17.3 Å². The Morgan fingerprint density at radius 3 is 2.50 bits per heavy atom. The number of aromatic nitrogens is 2. The monoisotopic (exact) mass is 370 g/mol. The Balaban J connectivity index is 1.88. The number of halogens is 2. The van der Waals surface area contributed by atoms with Gasteiger partial charge in [-0.3, -0.25) is 0 Å². The molecule has 0 atom stereocenters. The van der Waals surface area contributed by atoms with Crippen LogP contribution in [0.2, 0.25) is 5.02 Å². The minimum Gasteiger partial charge on any atom is -0.371 e. The van der Waals surface area contributed by atoms with E-state index < -0.39 is 0 Å². The Labute approximate surface area is 155 Å². The van der Waals surface area contributed by atoms with Crippen LogP contribution in [0.25, 0.3) is 0 Å². The summed E-state index contributed by atoms with van der Waals surface area (Å²) >= 11 is 6.07. The summed E-state index contributed by atoms with van der Waals surface area (Å²) in [5, 5.41) is 14.8. The molecule has 1 aromatic heterocycles. The van der Waals surface area contributed by atoms with Crippen molar-refractivity contribution in [2.24, 2.45) is 10.2 Å². The number of azo groups is 1. The minimum atomic E-state index is -0.389. The van der Waals surface area contributed by atoms with Crippen LogP contribution in [-0.2, 0) is 6.54 Å². The lowest BCUT2D eigenvalue weighted by Gasteiger charge is -2.11. The third kappa shape index (κ3) is 4.12. The molecule has 0 unspecified atom stereocenters. The van der Waals surface area contributed by atoms with Gasteiger partial charge in [-0.2, -0.15) is 5.11 Å². The quantitative estimate of drug-likeness (QED) is 0.574. The van der Waals surface area contributed by atoms with Crippen LogP contribution in [0.1, 0.15) is 5.56 Å². The van der Waals surface area contributed by atoms with Gasteiger partial charge in [-0.25, -0.2) is 14.4 Å². The molecule has 2 N–H and O–H groups in total. The standard InChI is InChI=1S/C18H16ClFN6/c1-21-17-16(26-25-12-6-3-2-4-7-12)18(24-11-23-17)22-10-13-14(19)8-5-9-15(13)20/h2-9,11H,10H2,1H3,(H2,21,22,23,24)/b26-25+. The van der Waals surface area contributed by atoms with E-state index in [0.29, 0.717) is 33.6 Å². The maximum atomic E-state index is 14.0. The second-order valence-electron chi connectivity index (χ2n) is 5.26. The van der Waals surface area contributed by atoms with Gasteiger partial charge in [0.1, 0.15) is 12.1 Å². The zero-order chi connectivity index (χ0) is 18.4. The number of benzene rings is 2. The molecule has 8 heteroatoms. The fourth-order valence-corrected chi connectivity index (χ4v) is 2.49. The minimum absolute atomic E-state index is 0.152. The molecule has 0 radical (unpaired) electrons. The van der Waals surface area contributed by atoms with Crippen molar-refractivity contribution in [2.75, 3.05) is 17.7 Å². The smallest absolute Gasteiger partial charge is 0.170 e. The largest absolute Gasteiger partial charge is 0.371 e. The molecular weight excluding hydrogens is 355 g/mol. The van der Waals surface area contributed by atoms with Crippen LogP contribution in [0.15, 0.2) is 65.1 Å². The molecule has 26 heavy (non-hydrogen) atoms. The summed E-state index contributed by atoms with van der Waals surface area (Å²) < 4.78 is 14.0. The number of nitrogens with zero attached hydrogens (tertiary/aromatic N) is 4. The topological polar surface area (TPSA) is 74.6 Å². The van der Waals surface area contributed by atoms with Crippen LogP contribution < -0.4 is 10.6 Å². The van der Waals surface area contributed by atoms with E-state index in [2.05, 4.69) is 30.8 Å². The predicted octanol–water partition coefficient (Wildman–Crippen LogP) is 5.34. The van der Waals surface area contributed by atoms with Gasteiger partial charge in [0.25, 0.3) is 0 Å². The van der Waals surface area contributed by atoms with Gasteiger partial charge in [-0.15, -0.1) is 5.11 Å². The molecule has 132 valence electrons. The van der Waals surface area contributed by atoms with Crippen LogP contribution in [-0.4, -0.2) is 17.0 Å². The number of anilines is 2. The van der Waals surface area contributed by atoms with Gasteiger partial charge in [0.05, 0.1) is 5.69 Å². The second-order valence-corrected chi connectivity index (χ2v) is 5.67. The zero-order valence-corrected chi connectivity index (χ0v) is 14.7. The summed E-state index contributed by atoms with van der Waals surface area (Å²) in [6.45, 7) is 0.152. The van der Waals surface area contributed by atoms with Crippen molar-refractivity contribution < 1.29 is 4.39 Å². The van der Waals surface area contributed by atoms with E-state index in [1.165, 1.54) is 12.4 Å². The molecule has 6 nitrogen and oxygen atoms in total. The number of hydrogen-bond acceptors (Lipinski definition) is 6. The van der Waals surface area contributed by atoms with Crippen molar-refractivity contribution in [3.8, 4) is 0 Å². The Morgan fingerprint density at radius 2 is 1.77 bits per heavy atom. The van der Waals surface area contributed by atoms with Gasteiger partial charge in [0, 0.05) is 24.2 Å². The molecule has 2 aromatic carbocycles. The van der Waals surface area contributed by atoms with E-state index >= 15 is 0 Å². The Bertz CT molecular complexity index is 897. The molecule has 1 heterocycles. The van der Waals surface area contributed by atoms with E-state index in [0.717, 1.165) is 0 Å². The number of hydrogen-bond donors (Lipinski definition) is 2. The summed E-state index contributed by atoms with van der Waals surface area (Å²) in [5.41, 5.74) is 1.47. The van der Waals surface area contributed by atoms with Crippen molar-refractivity contribution in [1.29, 1.82) is 0 Å². The highest BCUT2D eigenvalue weighted by atomic mass is 35.5. The highest BCUT2D eigenvalue weighted by molar-refractivity contribution is 6.31. The van der Waals surface area contributed by atoms with Crippen LogP contribution in [0.4, 0.5) is 27.4 Å². The highest BCUT2D eigenvalue weighted by Crippen LogP contribution is 2.32. The fourth-order valence-electron chi connectivity index (χ4n) is 2.26. The number of nitrogens with one attached hydrogen (secondary N) is 2. The average Bonchev–Trinajstić information content (AvgIpc) is 2.67. The Hall–Kier alpha value is -3.06.